The van der Waals surface area contributed by atoms with Crippen LogP contribution in [-0.4, -0.2) is 17.0 Å². The second-order valence-electron chi connectivity index (χ2n) is 6.02. The SMILES string of the molecule is CC(C)(C)c1ccc(C(=O)OC(=O)c2ccccc2O)cc1. The average molecular weight is 298 g/mol. The summed E-state index contributed by atoms with van der Waals surface area (Å²) in [5.41, 5.74) is 1.31. The Morgan fingerprint density at radius 3 is 2.05 bits per heavy atom. The van der Waals surface area contributed by atoms with Gasteiger partial charge in [-0.2, -0.15) is 0 Å². The van der Waals surface area contributed by atoms with Gasteiger partial charge in [-0.1, -0.05) is 45.0 Å². The number of aromatic hydroxyl groups is 1. The molecule has 0 heterocycles. The number of para-hydroxylation sites is 1. The molecule has 2 aromatic rings. The van der Waals surface area contributed by atoms with Gasteiger partial charge >= 0.3 is 11.9 Å². The molecule has 0 aliphatic carbocycles. The van der Waals surface area contributed by atoms with Gasteiger partial charge in [0.1, 0.15) is 11.3 Å². The van der Waals surface area contributed by atoms with E-state index in [4.69, 9.17) is 4.74 Å². The van der Waals surface area contributed by atoms with Crippen molar-refractivity contribution in [2.24, 2.45) is 0 Å². The van der Waals surface area contributed by atoms with E-state index in [1.807, 2.05) is 12.1 Å². The van der Waals surface area contributed by atoms with Crippen molar-refractivity contribution in [1.29, 1.82) is 0 Å². The van der Waals surface area contributed by atoms with E-state index in [2.05, 4.69) is 20.8 Å². The summed E-state index contributed by atoms with van der Waals surface area (Å²) >= 11 is 0. The van der Waals surface area contributed by atoms with Crippen molar-refractivity contribution in [3.63, 3.8) is 0 Å². The first kappa shape index (κ1) is 15.8. The van der Waals surface area contributed by atoms with E-state index in [9.17, 15) is 14.7 Å². The van der Waals surface area contributed by atoms with Crippen LogP contribution < -0.4 is 0 Å². The van der Waals surface area contributed by atoms with Gasteiger partial charge in [-0.3, -0.25) is 0 Å². The molecule has 0 aliphatic heterocycles. The van der Waals surface area contributed by atoms with Crippen LogP contribution in [0.3, 0.4) is 0 Å². The lowest BCUT2D eigenvalue weighted by Crippen LogP contribution is -2.14. The van der Waals surface area contributed by atoms with Crippen LogP contribution in [0.15, 0.2) is 48.5 Å². The molecule has 1 N–H and O–H groups in total. The van der Waals surface area contributed by atoms with Gasteiger partial charge in [0.25, 0.3) is 0 Å². The topological polar surface area (TPSA) is 63.6 Å². The summed E-state index contributed by atoms with van der Waals surface area (Å²) in [4.78, 5) is 23.8. The summed E-state index contributed by atoms with van der Waals surface area (Å²) in [6, 6.07) is 12.8. The quantitative estimate of drug-likeness (QED) is 0.678. The van der Waals surface area contributed by atoms with Crippen LogP contribution in [0.1, 0.15) is 47.1 Å². The minimum atomic E-state index is -0.872. The third-order valence-electron chi connectivity index (χ3n) is 3.30. The molecular weight excluding hydrogens is 280 g/mol. The van der Waals surface area contributed by atoms with E-state index in [1.54, 1.807) is 24.3 Å². The van der Waals surface area contributed by atoms with Crippen molar-refractivity contribution in [2.75, 3.05) is 0 Å². The molecule has 0 spiro atoms. The number of carbonyl (C=O) groups excluding carboxylic acids is 2. The first-order valence-electron chi connectivity index (χ1n) is 6.94. The molecule has 4 heteroatoms. The first-order valence-corrected chi connectivity index (χ1v) is 6.94. The Balaban J connectivity index is 2.13. The number of ether oxygens (including phenoxy) is 1. The van der Waals surface area contributed by atoms with Crippen molar-refractivity contribution in [2.45, 2.75) is 26.2 Å². The molecule has 0 atom stereocenters. The van der Waals surface area contributed by atoms with Crippen LogP contribution >= 0.6 is 0 Å². The van der Waals surface area contributed by atoms with Gasteiger partial charge in [0.05, 0.1) is 5.56 Å². The number of phenols is 1. The van der Waals surface area contributed by atoms with E-state index < -0.39 is 11.9 Å². The molecule has 0 unspecified atom stereocenters. The second kappa shape index (κ2) is 6.02. The molecule has 0 saturated heterocycles. The van der Waals surface area contributed by atoms with Crippen molar-refractivity contribution >= 4 is 11.9 Å². The smallest absolute Gasteiger partial charge is 0.349 e. The number of esters is 2. The van der Waals surface area contributed by atoms with Crippen molar-refractivity contribution < 1.29 is 19.4 Å². The molecule has 114 valence electrons. The zero-order valence-electron chi connectivity index (χ0n) is 12.8. The van der Waals surface area contributed by atoms with E-state index in [-0.39, 0.29) is 22.3 Å². The second-order valence-corrected chi connectivity index (χ2v) is 6.02. The van der Waals surface area contributed by atoms with Crippen LogP contribution in [-0.2, 0) is 10.2 Å². The molecule has 22 heavy (non-hydrogen) atoms. The maximum absolute atomic E-state index is 12.0. The largest absolute Gasteiger partial charge is 0.507 e. The maximum Gasteiger partial charge on any atom is 0.349 e. The molecule has 2 aromatic carbocycles. The van der Waals surface area contributed by atoms with Crippen molar-refractivity contribution in [3.8, 4) is 5.75 Å². The monoisotopic (exact) mass is 298 g/mol. The summed E-state index contributed by atoms with van der Waals surface area (Å²) in [6.07, 6.45) is 0. The van der Waals surface area contributed by atoms with E-state index >= 15 is 0 Å². The minimum Gasteiger partial charge on any atom is -0.507 e. The Labute approximate surface area is 129 Å². The third-order valence-corrected chi connectivity index (χ3v) is 3.30. The predicted molar refractivity (Wildman–Crippen MR) is 83.0 cm³/mol. The first-order chi connectivity index (χ1) is 10.3. The molecule has 0 aromatic heterocycles. The van der Waals surface area contributed by atoms with E-state index in [0.717, 1.165) is 5.56 Å². The molecule has 0 amide bonds. The third kappa shape index (κ3) is 3.52. The molecule has 0 bridgehead atoms. The number of hydrogen-bond donors (Lipinski definition) is 1. The highest BCUT2D eigenvalue weighted by molar-refractivity contribution is 6.03. The number of rotatable bonds is 2. The fraction of sp³-hybridized carbons (Fsp3) is 0.222. The zero-order valence-corrected chi connectivity index (χ0v) is 12.8. The Hall–Kier alpha value is -2.62. The fourth-order valence-corrected chi connectivity index (χ4v) is 1.95. The Morgan fingerprint density at radius 2 is 1.50 bits per heavy atom. The van der Waals surface area contributed by atoms with Gasteiger partial charge in [-0.15, -0.1) is 0 Å². The molecule has 0 aliphatic rings. The lowest BCUT2D eigenvalue weighted by Gasteiger charge is -2.18. The summed E-state index contributed by atoms with van der Waals surface area (Å²) in [5, 5.41) is 9.58. The highest BCUT2D eigenvalue weighted by Crippen LogP contribution is 2.23. The number of phenolic OH excluding ortho intramolecular Hbond substituents is 1. The Kier molecular flexibility index (Phi) is 4.31. The molecule has 0 fully saturated rings. The lowest BCUT2D eigenvalue weighted by atomic mass is 9.87. The normalized spacial score (nSPS) is 11.0. The summed E-state index contributed by atoms with van der Waals surface area (Å²) in [5.74, 6) is -1.83. The van der Waals surface area contributed by atoms with Crippen molar-refractivity contribution in [1.82, 2.24) is 0 Å². The average Bonchev–Trinajstić information content (AvgIpc) is 2.46. The Bertz CT molecular complexity index is 694. The lowest BCUT2D eigenvalue weighted by molar-refractivity contribution is 0.0396. The van der Waals surface area contributed by atoms with Crippen LogP contribution in [0.2, 0.25) is 0 Å². The zero-order chi connectivity index (χ0) is 16.3. The summed E-state index contributed by atoms with van der Waals surface area (Å²) in [7, 11) is 0. The van der Waals surface area contributed by atoms with Gasteiger partial charge in [-0.05, 0) is 35.2 Å². The number of carbonyl (C=O) groups is 2. The van der Waals surface area contributed by atoms with Gasteiger partial charge in [0.2, 0.25) is 0 Å². The highest BCUT2D eigenvalue weighted by Gasteiger charge is 2.19. The van der Waals surface area contributed by atoms with Crippen LogP contribution in [0.5, 0.6) is 5.75 Å². The highest BCUT2D eigenvalue weighted by atomic mass is 16.6. The van der Waals surface area contributed by atoms with Gasteiger partial charge < -0.3 is 9.84 Å². The molecular formula is C18H18O4. The number of benzene rings is 2. The van der Waals surface area contributed by atoms with Crippen LogP contribution in [0, 0.1) is 0 Å². The van der Waals surface area contributed by atoms with Crippen LogP contribution in [0.25, 0.3) is 0 Å². The molecule has 4 nitrogen and oxygen atoms in total. The Morgan fingerprint density at radius 1 is 0.909 bits per heavy atom. The molecule has 2 rings (SSSR count). The van der Waals surface area contributed by atoms with Gasteiger partial charge in [-0.25, -0.2) is 9.59 Å². The number of hydrogen-bond acceptors (Lipinski definition) is 4. The molecule has 0 saturated carbocycles. The van der Waals surface area contributed by atoms with Gasteiger partial charge in [0.15, 0.2) is 0 Å². The van der Waals surface area contributed by atoms with Crippen molar-refractivity contribution in [3.05, 3.63) is 65.2 Å². The minimum absolute atomic E-state index is 0.0198. The molecule has 0 radical (unpaired) electrons. The van der Waals surface area contributed by atoms with E-state index in [1.165, 1.54) is 12.1 Å². The van der Waals surface area contributed by atoms with Crippen LogP contribution in [0.4, 0.5) is 0 Å². The standard InChI is InChI=1S/C18H18O4/c1-18(2,3)13-10-8-12(9-11-13)16(20)22-17(21)14-6-4-5-7-15(14)19/h4-11,19H,1-3H3. The predicted octanol–water partition coefficient (Wildman–Crippen LogP) is 3.69. The maximum atomic E-state index is 12.0. The summed E-state index contributed by atoms with van der Waals surface area (Å²) in [6.45, 7) is 6.21. The fourth-order valence-electron chi connectivity index (χ4n) is 1.95. The summed E-state index contributed by atoms with van der Waals surface area (Å²) < 4.78 is 4.79. The van der Waals surface area contributed by atoms with E-state index in [0.29, 0.717) is 0 Å². The van der Waals surface area contributed by atoms with Gasteiger partial charge in [0, 0.05) is 0 Å².